The number of carbonyl (C=O) groups is 1. The lowest BCUT2D eigenvalue weighted by Crippen LogP contribution is -1.86. The Morgan fingerprint density at radius 3 is 2.57 bits per heavy atom. The van der Waals surface area contributed by atoms with Gasteiger partial charge in [-0.05, 0) is 22.9 Å². The summed E-state index contributed by atoms with van der Waals surface area (Å²) in [6.45, 7) is 1.60. The van der Waals surface area contributed by atoms with Crippen molar-refractivity contribution in [3.8, 4) is 0 Å². The van der Waals surface area contributed by atoms with Crippen molar-refractivity contribution >= 4 is 27.4 Å². The van der Waals surface area contributed by atoms with Crippen LogP contribution >= 0.6 is 11.3 Å². The molecule has 0 bridgehead atoms. The molecule has 0 radical (unpaired) electrons. The number of benzene rings is 1. The van der Waals surface area contributed by atoms with Crippen LogP contribution in [0.4, 0.5) is 0 Å². The molecule has 0 amide bonds. The molecule has 74 valence electrons. The van der Waals surface area contributed by atoms with Gasteiger partial charge in [-0.25, -0.2) is 0 Å². The molecular formula is C11H12O2S. The number of carboxylic acids is 1. The van der Waals surface area contributed by atoms with Gasteiger partial charge in [0.05, 0.1) is 0 Å². The number of thiophene rings is 1. The van der Waals surface area contributed by atoms with Crippen molar-refractivity contribution in [1.29, 1.82) is 0 Å². The minimum absolute atomic E-state index is 0.222. The van der Waals surface area contributed by atoms with E-state index in [4.69, 9.17) is 5.11 Å². The summed E-state index contributed by atoms with van der Waals surface area (Å²) in [6, 6.07) is 10.5. The molecule has 3 heteroatoms. The van der Waals surface area contributed by atoms with Gasteiger partial charge < -0.3 is 5.11 Å². The molecule has 1 heterocycles. The fraction of sp³-hybridized carbons (Fsp3) is 0.182. The fourth-order valence-electron chi connectivity index (χ4n) is 0.906. The van der Waals surface area contributed by atoms with E-state index < -0.39 is 5.97 Å². The van der Waals surface area contributed by atoms with Crippen molar-refractivity contribution in [3.05, 3.63) is 35.7 Å². The Balaban J connectivity index is 0.000000171. The van der Waals surface area contributed by atoms with Crippen LogP contribution in [0.25, 0.3) is 10.1 Å². The first-order valence-corrected chi connectivity index (χ1v) is 5.26. The van der Waals surface area contributed by atoms with Crippen LogP contribution in [0, 0.1) is 0 Å². The smallest absolute Gasteiger partial charge is 0.303 e. The van der Waals surface area contributed by atoms with Crippen molar-refractivity contribution in [2.24, 2.45) is 0 Å². The largest absolute Gasteiger partial charge is 0.481 e. The van der Waals surface area contributed by atoms with E-state index in [0.717, 1.165) is 0 Å². The molecule has 0 aliphatic rings. The summed E-state index contributed by atoms with van der Waals surface area (Å²) in [5, 5.41) is 11.2. The second kappa shape index (κ2) is 5.40. The average molecular weight is 208 g/mol. The first-order valence-electron chi connectivity index (χ1n) is 4.38. The van der Waals surface area contributed by atoms with Gasteiger partial charge in [-0.2, -0.15) is 0 Å². The van der Waals surface area contributed by atoms with E-state index in [1.807, 2.05) is 0 Å². The second-order valence-corrected chi connectivity index (χ2v) is 3.65. The maximum absolute atomic E-state index is 9.37. The van der Waals surface area contributed by atoms with Crippen molar-refractivity contribution in [3.63, 3.8) is 0 Å². The lowest BCUT2D eigenvalue weighted by atomic mass is 10.3. The highest BCUT2D eigenvalue weighted by atomic mass is 32.1. The first-order chi connectivity index (χ1) is 6.74. The molecule has 2 nitrogen and oxygen atoms in total. The molecule has 0 saturated carbocycles. The average Bonchev–Trinajstić information content (AvgIpc) is 2.66. The van der Waals surface area contributed by atoms with E-state index in [2.05, 4.69) is 35.7 Å². The number of hydrogen-bond donors (Lipinski definition) is 1. The van der Waals surface area contributed by atoms with Gasteiger partial charge in [0, 0.05) is 11.1 Å². The third kappa shape index (κ3) is 3.18. The standard InChI is InChI=1S/C8H6S.C3H6O2/c1-2-4-8-7(3-1)5-6-9-8;1-2-3(4)5/h1-6H;2H2,1H3,(H,4,5). The highest BCUT2D eigenvalue weighted by molar-refractivity contribution is 7.17. The Bertz CT molecular complexity index is 376. The Morgan fingerprint density at radius 1 is 1.36 bits per heavy atom. The quantitative estimate of drug-likeness (QED) is 0.780. The maximum Gasteiger partial charge on any atom is 0.303 e. The lowest BCUT2D eigenvalue weighted by Gasteiger charge is -1.82. The third-order valence-corrected chi connectivity index (χ3v) is 2.56. The third-order valence-electron chi connectivity index (χ3n) is 1.66. The van der Waals surface area contributed by atoms with Gasteiger partial charge in [0.15, 0.2) is 0 Å². The molecule has 0 unspecified atom stereocenters. The highest BCUT2D eigenvalue weighted by Gasteiger charge is 1.87. The van der Waals surface area contributed by atoms with Gasteiger partial charge in [-0.1, -0.05) is 25.1 Å². The number of carboxylic acid groups (broad SMARTS) is 1. The zero-order valence-corrected chi connectivity index (χ0v) is 8.75. The Hall–Kier alpha value is -1.35. The van der Waals surface area contributed by atoms with Crippen molar-refractivity contribution < 1.29 is 9.90 Å². The van der Waals surface area contributed by atoms with E-state index in [-0.39, 0.29) is 6.42 Å². The number of rotatable bonds is 1. The molecule has 1 aromatic heterocycles. The minimum atomic E-state index is -0.745. The summed E-state index contributed by atoms with van der Waals surface area (Å²) in [7, 11) is 0. The van der Waals surface area contributed by atoms with Crippen LogP contribution < -0.4 is 0 Å². The van der Waals surface area contributed by atoms with Gasteiger partial charge >= 0.3 is 5.97 Å². The van der Waals surface area contributed by atoms with E-state index in [9.17, 15) is 4.79 Å². The summed E-state index contributed by atoms with van der Waals surface area (Å²) in [4.78, 5) is 9.37. The van der Waals surface area contributed by atoms with Gasteiger partial charge in [-0.3, -0.25) is 4.79 Å². The van der Waals surface area contributed by atoms with Crippen LogP contribution in [-0.4, -0.2) is 11.1 Å². The van der Waals surface area contributed by atoms with E-state index in [1.54, 1.807) is 18.3 Å². The highest BCUT2D eigenvalue weighted by Crippen LogP contribution is 2.18. The van der Waals surface area contributed by atoms with E-state index in [0.29, 0.717) is 0 Å². The molecule has 1 N–H and O–H groups in total. The van der Waals surface area contributed by atoms with Crippen LogP contribution in [0.15, 0.2) is 35.7 Å². The Labute approximate surface area is 86.8 Å². The topological polar surface area (TPSA) is 37.3 Å². The van der Waals surface area contributed by atoms with Crippen molar-refractivity contribution in [1.82, 2.24) is 0 Å². The molecule has 2 aromatic rings. The maximum atomic E-state index is 9.37. The summed E-state index contributed by atoms with van der Waals surface area (Å²) in [5.74, 6) is -0.745. The molecular weight excluding hydrogens is 196 g/mol. The van der Waals surface area contributed by atoms with Crippen LogP contribution in [0.5, 0.6) is 0 Å². The molecule has 0 atom stereocenters. The van der Waals surface area contributed by atoms with Gasteiger partial charge in [0.25, 0.3) is 0 Å². The number of aliphatic carboxylic acids is 1. The van der Waals surface area contributed by atoms with Crippen LogP contribution in [0.1, 0.15) is 13.3 Å². The molecule has 1 aromatic carbocycles. The molecule has 0 spiro atoms. The van der Waals surface area contributed by atoms with Crippen molar-refractivity contribution in [2.45, 2.75) is 13.3 Å². The Kier molecular flexibility index (Phi) is 4.13. The predicted octanol–water partition coefficient (Wildman–Crippen LogP) is 3.38. The van der Waals surface area contributed by atoms with Gasteiger partial charge in [-0.15, -0.1) is 11.3 Å². The first kappa shape index (κ1) is 10.7. The van der Waals surface area contributed by atoms with Crippen LogP contribution in [0.2, 0.25) is 0 Å². The fourth-order valence-corrected chi connectivity index (χ4v) is 1.70. The SMILES string of the molecule is CCC(=O)O.c1ccc2sccc2c1. The molecule has 0 fully saturated rings. The minimum Gasteiger partial charge on any atom is -0.481 e. The zero-order chi connectivity index (χ0) is 10.4. The van der Waals surface area contributed by atoms with Gasteiger partial charge in [0.1, 0.15) is 0 Å². The van der Waals surface area contributed by atoms with Crippen LogP contribution in [0.3, 0.4) is 0 Å². The normalized spacial score (nSPS) is 9.21. The lowest BCUT2D eigenvalue weighted by molar-refractivity contribution is -0.136. The summed E-state index contributed by atoms with van der Waals surface area (Å²) >= 11 is 1.79. The number of hydrogen-bond acceptors (Lipinski definition) is 2. The predicted molar refractivity (Wildman–Crippen MR) is 59.8 cm³/mol. The van der Waals surface area contributed by atoms with Crippen LogP contribution in [-0.2, 0) is 4.79 Å². The second-order valence-electron chi connectivity index (χ2n) is 2.71. The van der Waals surface area contributed by atoms with Gasteiger partial charge in [0.2, 0.25) is 0 Å². The van der Waals surface area contributed by atoms with E-state index in [1.165, 1.54) is 10.1 Å². The monoisotopic (exact) mass is 208 g/mol. The molecule has 2 rings (SSSR count). The Morgan fingerprint density at radius 2 is 2.00 bits per heavy atom. The summed E-state index contributed by atoms with van der Waals surface area (Å²) < 4.78 is 1.37. The molecule has 14 heavy (non-hydrogen) atoms. The summed E-state index contributed by atoms with van der Waals surface area (Å²) in [6.07, 6.45) is 0.222. The molecule has 0 aliphatic carbocycles. The molecule has 0 aliphatic heterocycles. The molecule has 0 saturated heterocycles. The number of fused-ring (bicyclic) bond motifs is 1. The zero-order valence-electron chi connectivity index (χ0n) is 7.93. The summed E-state index contributed by atoms with van der Waals surface area (Å²) in [5.41, 5.74) is 0. The van der Waals surface area contributed by atoms with Crippen molar-refractivity contribution in [2.75, 3.05) is 0 Å². The van der Waals surface area contributed by atoms with E-state index >= 15 is 0 Å².